The van der Waals surface area contributed by atoms with Gasteiger partial charge in [0.15, 0.2) is 0 Å². The SMILES string of the molecule is CCNC(C)Cc1nc2ccc(Br)cc2[nH]1. The number of aromatic nitrogens is 2. The molecule has 0 aliphatic carbocycles. The number of H-pyrrole nitrogens is 1. The van der Waals surface area contributed by atoms with Gasteiger partial charge in [-0.05, 0) is 31.7 Å². The van der Waals surface area contributed by atoms with E-state index in [0.29, 0.717) is 6.04 Å². The van der Waals surface area contributed by atoms with Gasteiger partial charge in [-0.15, -0.1) is 0 Å². The number of nitrogens with one attached hydrogen (secondary N) is 2. The molecule has 0 saturated heterocycles. The molecule has 1 unspecified atom stereocenters. The molecule has 2 N–H and O–H groups in total. The van der Waals surface area contributed by atoms with Crippen molar-refractivity contribution < 1.29 is 0 Å². The van der Waals surface area contributed by atoms with Crippen molar-refractivity contribution in [1.82, 2.24) is 15.3 Å². The zero-order chi connectivity index (χ0) is 11.5. The number of likely N-dealkylation sites (N-methyl/N-ethyl adjacent to an activating group) is 1. The molecule has 86 valence electrons. The molecule has 0 saturated carbocycles. The Bertz CT molecular complexity index is 478. The van der Waals surface area contributed by atoms with Gasteiger partial charge in [0.25, 0.3) is 0 Å². The van der Waals surface area contributed by atoms with E-state index < -0.39 is 0 Å². The van der Waals surface area contributed by atoms with Gasteiger partial charge in [0.2, 0.25) is 0 Å². The van der Waals surface area contributed by atoms with Crippen LogP contribution in [-0.4, -0.2) is 22.6 Å². The van der Waals surface area contributed by atoms with Crippen molar-refractivity contribution in [2.45, 2.75) is 26.3 Å². The van der Waals surface area contributed by atoms with Crippen LogP contribution in [-0.2, 0) is 6.42 Å². The summed E-state index contributed by atoms with van der Waals surface area (Å²) in [5.41, 5.74) is 2.12. The third-order valence-electron chi connectivity index (χ3n) is 2.55. The second kappa shape index (κ2) is 4.97. The summed E-state index contributed by atoms with van der Waals surface area (Å²) in [6, 6.07) is 6.55. The van der Waals surface area contributed by atoms with Crippen molar-refractivity contribution >= 4 is 27.0 Å². The summed E-state index contributed by atoms with van der Waals surface area (Å²) in [6.07, 6.45) is 0.931. The van der Waals surface area contributed by atoms with Crippen molar-refractivity contribution in [1.29, 1.82) is 0 Å². The first kappa shape index (κ1) is 11.6. The Kier molecular flexibility index (Phi) is 3.61. The molecule has 0 spiro atoms. The average molecular weight is 282 g/mol. The molecular weight excluding hydrogens is 266 g/mol. The van der Waals surface area contributed by atoms with Gasteiger partial charge in [0.05, 0.1) is 11.0 Å². The summed E-state index contributed by atoms with van der Waals surface area (Å²) in [4.78, 5) is 7.90. The van der Waals surface area contributed by atoms with Crippen LogP contribution in [0.1, 0.15) is 19.7 Å². The minimum absolute atomic E-state index is 0.453. The second-order valence-electron chi connectivity index (χ2n) is 4.01. The number of hydrogen-bond donors (Lipinski definition) is 2. The van der Waals surface area contributed by atoms with Gasteiger partial charge in [0.1, 0.15) is 5.82 Å². The molecule has 1 aromatic heterocycles. The molecule has 4 heteroatoms. The van der Waals surface area contributed by atoms with Gasteiger partial charge >= 0.3 is 0 Å². The van der Waals surface area contributed by atoms with E-state index in [0.717, 1.165) is 34.3 Å². The Morgan fingerprint density at radius 2 is 2.31 bits per heavy atom. The number of fused-ring (bicyclic) bond motifs is 1. The maximum absolute atomic E-state index is 4.56. The molecule has 0 fully saturated rings. The van der Waals surface area contributed by atoms with Crippen molar-refractivity contribution in [2.75, 3.05) is 6.54 Å². The van der Waals surface area contributed by atoms with E-state index in [9.17, 15) is 0 Å². The van der Waals surface area contributed by atoms with Crippen LogP contribution in [0.3, 0.4) is 0 Å². The monoisotopic (exact) mass is 281 g/mol. The van der Waals surface area contributed by atoms with Crippen molar-refractivity contribution in [2.24, 2.45) is 0 Å². The van der Waals surface area contributed by atoms with E-state index in [1.54, 1.807) is 0 Å². The highest BCUT2D eigenvalue weighted by molar-refractivity contribution is 9.10. The zero-order valence-corrected chi connectivity index (χ0v) is 11.1. The van der Waals surface area contributed by atoms with Gasteiger partial charge in [-0.1, -0.05) is 22.9 Å². The maximum atomic E-state index is 4.56. The summed E-state index contributed by atoms with van der Waals surface area (Å²) in [5.74, 6) is 1.04. The fraction of sp³-hybridized carbons (Fsp3) is 0.417. The lowest BCUT2D eigenvalue weighted by molar-refractivity contribution is 0.555. The fourth-order valence-corrected chi connectivity index (χ4v) is 2.20. The van der Waals surface area contributed by atoms with Crippen molar-refractivity contribution in [3.05, 3.63) is 28.5 Å². The molecule has 0 amide bonds. The molecule has 0 aliphatic rings. The molecule has 1 aromatic carbocycles. The molecule has 1 atom stereocenters. The van der Waals surface area contributed by atoms with Crippen LogP contribution in [0.15, 0.2) is 22.7 Å². The number of hydrogen-bond acceptors (Lipinski definition) is 2. The highest BCUT2D eigenvalue weighted by atomic mass is 79.9. The van der Waals surface area contributed by atoms with E-state index in [-0.39, 0.29) is 0 Å². The number of benzene rings is 1. The number of aromatic amines is 1. The molecular formula is C12H16BrN3. The molecule has 16 heavy (non-hydrogen) atoms. The number of imidazole rings is 1. The highest BCUT2D eigenvalue weighted by Gasteiger charge is 2.06. The van der Waals surface area contributed by atoms with Crippen LogP contribution in [0, 0.1) is 0 Å². The lowest BCUT2D eigenvalue weighted by Crippen LogP contribution is -2.27. The summed E-state index contributed by atoms with van der Waals surface area (Å²) in [7, 11) is 0. The Labute approximate surface area is 104 Å². The van der Waals surface area contributed by atoms with Gasteiger partial charge in [0, 0.05) is 16.9 Å². The van der Waals surface area contributed by atoms with E-state index in [1.165, 1.54) is 0 Å². The highest BCUT2D eigenvalue weighted by Crippen LogP contribution is 2.18. The Morgan fingerprint density at radius 1 is 1.50 bits per heavy atom. The summed E-state index contributed by atoms with van der Waals surface area (Å²) in [6.45, 7) is 5.28. The van der Waals surface area contributed by atoms with Crippen LogP contribution < -0.4 is 5.32 Å². The van der Waals surface area contributed by atoms with Crippen molar-refractivity contribution in [3.8, 4) is 0 Å². The molecule has 0 bridgehead atoms. The van der Waals surface area contributed by atoms with Crippen LogP contribution in [0.5, 0.6) is 0 Å². The van der Waals surface area contributed by atoms with Crippen LogP contribution in [0.4, 0.5) is 0 Å². The third kappa shape index (κ3) is 2.62. The quantitative estimate of drug-likeness (QED) is 0.905. The third-order valence-corrected chi connectivity index (χ3v) is 3.04. The maximum Gasteiger partial charge on any atom is 0.108 e. The minimum Gasteiger partial charge on any atom is -0.342 e. The average Bonchev–Trinajstić information content (AvgIpc) is 2.59. The van der Waals surface area contributed by atoms with Crippen molar-refractivity contribution in [3.63, 3.8) is 0 Å². The lowest BCUT2D eigenvalue weighted by Gasteiger charge is -2.09. The minimum atomic E-state index is 0.453. The normalized spacial score (nSPS) is 13.2. The standard InChI is InChI=1S/C12H16BrN3/c1-3-14-8(2)6-12-15-10-5-4-9(13)7-11(10)16-12/h4-5,7-8,14H,3,6H2,1-2H3,(H,15,16). The lowest BCUT2D eigenvalue weighted by atomic mass is 10.2. The fourth-order valence-electron chi connectivity index (χ4n) is 1.84. The first-order valence-corrected chi connectivity index (χ1v) is 6.36. The molecule has 1 heterocycles. The predicted molar refractivity (Wildman–Crippen MR) is 70.6 cm³/mol. The number of nitrogens with zero attached hydrogens (tertiary/aromatic N) is 1. The summed E-state index contributed by atoms with van der Waals surface area (Å²) < 4.78 is 1.08. The molecule has 0 aliphatic heterocycles. The van der Waals surface area contributed by atoms with Crippen LogP contribution in [0.25, 0.3) is 11.0 Å². The molecule has 0 radical (unpaired) electrons. The van der Waals surface area contributed by atoms with Crippen LogP contribution >= 0.6 is 15.9 Å². The van der Waals surface area contributed by atoms with E-state index in [2.05, 4.69) is 51.1 Å². The first-order valence-electron chi connectivity index (χ1n) is 5.56. The molecule has 2 rings (SSSR count). The zero-order valence-electron chi connectivity index (χ0n) is 9.55. The van der Waals surface area contributed by atoms with E-state index >= 15 is 0 Å². The van der Waals surface area contributed by atoms with Gasteiger partial charge in [-0.3, -0.25) is 0 Å². The van der Waals surface area contributed by atoms with E-state index in [4.69, 9.17) is 0 Å². The number of halogens is 1. The predicted octanol–water partition coefficient (Wildman–Crippen LogP) is 2.87. The van der Waals surface area contributed by atoms with E-state index in [1.807, 2.05) is 12.1 Å². The molecule has 2 aromatic rings. The smallest absolute Gasteiger partial charge is 0.108 e. The van der Waals surface area contributed by atoms with Gasteiger partial charge in [-0.25, -0.2) is 4.98 Å². The Hall–Kier alpha value is -0.870. The summed E-state index contributed by atoms with van der Waals surface area (Å²) in [5, 5.41) is 3.38. The largest absolute Gasteiger partial charge is 0.342 e. The first-order chi connectivity index (χ1) is 7.69. The Morgan fingerprint density at radius 3 is 3.06 bits per heavy atom. The molecule has 3 nitrogen and oxygen atoms in total. The van der Waals surface area contributed by atoms with Crippen LogP contribution in [0.2, 0.25) is 0 Å². The Balaban J connectivity index is 2.19. The topological polar surface area (TPSA) is 40.7 Å². The number of rotatable bonds is 4. The second-order valence-corrected chi connectivity index (χ2v) is 4.92. The van der Waals surface area contributed by atoms with Gasteiger partial charge in [-0.2, -0.15) is 0 Å². The summed E-state index contributed by atoms with van der Waals surface area (Å²) >= 11 is 3.46. The van der Waals surface area contributed by atoms with Gasteiger partial charge < -0.3 is 10.3 Å².